The van der Waals surface area contributed by atoms with Crippen molar-refractivity contribution in [1.82, 2.24) is 30.5 Å². The number of likely N-dealkylation sites (tertiary alicyclic amines) is 1. The molecule has 14 heteroatoms. The summed E-state index contributed by atoms with van der Waals surface area (Å²) in [5.74, 6) is -2.24. The van der Waals surface area contributed by atoms with Gasteiger partial charge < -0.3 is 31.3 Å². The molecule has 3 amide bonds. The van der Waals surface area contributed by atoms with Gasteiger partial charge in [0.25, 0.3) is 11.8 Å². The minimum absolute atomic E-state index is 0.120. The zero-order valence-corrected chi connectivity index (χ0v) is 29.7. The van der Waals surface area contributed by atoms with Gasteiger partial charge >= 0.3 is 0 Å². The lowest BCUT2D eigenvalue weighted by Gasteiger charge is -2.37. The number of benzene rings is 1. The van der Waals surface area contributed by atoms with Crippen molar-refractivity contribution >= 4 is 23.5 Å². The molecule has 1 aromatic carbocycles. The first-order valence-corrected chi connectivity index (χ1v) is 17.8. The van der Waals surface area contributed by atoms with Crippen LogP contribution in [-0.2, 0) is 30.3 Å². The fourth-order valence-electron chi connectivity index (χ4n) is 7.75. The van der Waals surface area contributed by atoms with E-state index in [4.69, 9.17) is 10.5 Å². The molecule has 3 atom stereocenters. The number of aromatic nitrogens is 3. The number of nitrogens with zero attached hydrogens (tertiary/aromatic N) is 4. The Labute approximate surface area is 293 Å². The van der Waals surface area contributed by atoms with Crippen LogP contribution in [0.2, 0.25) is 0 Å². The van der Waals surface area contributed by atoms with Gasteiger partial charge in [-0.3, -0.25) is 24.1 Å². The van der Waals surface area contributed by atoms with Crippen LogP contribution in [0.5, 0.6) is 0 Å². The smallest absolute Gasteiger partial charge is 0.287 e. The van der Waals surface area contributed by atoms with Crippen molar-refractivity contribution in [3.63, 3.8) is 0 Å². The van der Waals surface area contributed by atoms with Gasteiger partial charge in [-0.05, 0) is 64.2 Å². The summed E-state index contributed by atoms with van der Waals surface area (Å²) >= 11 is 0. The largest absolute Gasteiger partial charge is 0.386 e. The molecule has 2 saturated heterocycles. The summed E-state index contributed by atoms with van der Waals surface area (Å²) in [7, 11) is 0. The topological polar surface area (TPSA) is 202 Å². The van der Waals surface area contributed by atoms with Gasteiger partial charge in [-0.15, -0.1) is 5.10 Å². The van der Waals surface area contributed by atoms with E-state index in [0.29, 0.717) is 35.8 Å². The second-order valence-electron chi connectivity index (χ2n) is 15.4. The fourth-order valence-corrected chi connectivity index (χ4v) is 7.75. The van der Waals surface area contributed by atoms with Gasteiger partial charge in [0.2, 0.25) is 11.7 Å². The van der Waals surface area contributed by atoms with Crippen LogP contribution < -0.4 is 16.4 Å². The number of Topliss-reactive ketones (excluding diaryl/α,β-unsaturated/α-hetero) is 1. The predicted octanol–water partition coefficient (Wildman–Crippen LogP) is 1.84. The number of rotatable bonds is 13. The van der Waals surface area contributed by atoms with E-state index in [-0.39, 0.29) is 50.5 Å². The average molecular weight is 696 g/mol. The van der Waals surface area contributed by atoms with Crippen LogP contribution in [0.1, 0.15) is 113 Å². The molecule has 0 bridgehead atoms. The monoisotopic (exact) mass is 695 g/mol. The maximum atomic E-state index is 14.3. The average Bonchev–Trinajstić information content (AvgIpc) is 3.73. The van der Waals surface area contributed by atoms with Gasteiger partial charge in [0.05, 0.1) is 29.6 Å². The summed E-state index contributed by atoms with van der Waals surface area (Å²) in [6.45, 7) is 7.76. The molecule has 14 nitrogen and oxygen atoms in total. The van der Waals surface area contributed by atoms with Crippen molar-refractivity contribution in [2.45, 2.75) is 120 Å². The van der Waals surface area contributed by atoms with Gasteiger partial charge in [0, 0.05) is 50.8 Å². The molecule has 274 valence electrons. The Balaban J connectivity index is 1.44. The van der Waals surface area contributed by atoms with E-state index in [2.05, 4.69) is 20.9 Å². The highest BCUT2D eigenvalue weighted by Crippen LogP contribution is 2.34. The molecule has 1 aliphatic carbocycles. The highest BCUT2D eigenvalue weighted by atomic mass is 16.5. The molecule has 3 heterocycles. The van der Waals surface area contributed by atoms with Crippen LogP contribution in [0, 0.1) is 5.92 Å². The van der Waals surface area contributed by atoms with Crippen LogP contribution in [0.3, 0.4) is 0 Å². The van der Waals surface area contributed by atoms with Crippen LogP contribution in [0.15, 0.2) is 30.5 Å². The van der Waals surface area contributed by atoms with Crippen molar-refractivity contribution in [3.05, 3.63) is 47.3 Å². The number of carbonyl (C=O) groups excluding carboxylic acids is 4. The molecule has 5 rings (SSSR count). The number of hydrogen-bond acceptors (Lipinski definition) is 10. The van der Waals surface area contributed by atoms with Crippen LogP contribution in [-0.4, -0.2) is 97.5 Å². The lowest BCUT2D eigenvalue weighted by atomic mass is 9.84. The van der Waals surface area contributed by atoms with Gasteiger partial charge in [-0.2, -0.15) is 0 Å². The van der Waals surface area contributed by atoms with Crippen LogP contribution in [0.25, 0.3) is 0 Å². The quantitative estimate of drug-likeness (QED) is 0.193. The Morgan fingerprint density at radius 1 is 1.02 bits per heavy atom. The Morgan fingerprint density at radius 3 is 2.28 bits per heavy atom. The van der Waals surface area contributed by atoms with E-state index in [1.165, 1.54) is 12.6 Å². The number of ether oxygens (including phenoxy) is 1. The predicted molar refractivity (Wildman–Crippen MR) is 184 cm³/mol. The molecule has 1 aromatic heterocycles. The third-order valence-electron chi connectivity index (χ3n) is 10.6. The number of aliphatic hydroxyl groups is 2. The maximum absolute atomic E-state index is 14.3. The second-order valence-corrected chi connectivity index (χ2v) is 15.4. The molecule has 0 radical (unpaired) electrons. The van der Waals surface area contributed by atoms with Crippen molar-refractivity contribution in [1.29, 1.82) is 0 Å². The van der Waals surface area contributed by atoms with E-state index >= 15 is 0 Å². The molecule has 3 aliphatic rings. The first-order chi connectivity index (χ1) is 23.6. The van der Waals surface area contributed by atoms with E-state index in [1.807, 2.05) is 4.90 Å². The zero-order chi connectivity index (χ0) is 36.3. The molecule has 3 fully saturated rings. The standard InChI is InChI=1S/C36H53N7O7/c1-34(2,48)25-12-10-24(11-13-25)32(46)39-26(18-23-8-6-5-7-9-23)21-42-22-27(43-29(20-38-41-43)35(3,4)49)19-28(42)33(47)40-36(30(44)31(37)45)14-16-50-17-15-36/h10-13,20,23,26-28,48-49H,5-9,14-19,21-22H2,1-4H3,(H2,37,45)(H,39,46)(H,40,47)/t26-,27+,28+/m1/s1. The molecule has 2 aromatic rings. The molecule has 2 aliphatic heterocycles. The first kappa shape index (κ1) is 37.5. The third kappa shape index (κ3) is 8.76. The van der Waals surface area contributed by atoms with Crippen molar-refractivity contribution in [2.24, 2.45) is 11.7 Å². The summed E-state index contributed by atoms with van der Waals surface area (Å²) in [5, 5.41) is 35.8. The van der Waals surface area contributed by atoms with E-state index < -0.39 is 40.4 Å². The van der Waals surface area contributed by atoms with Crippen LogP contribution >= 0.6 is 0 Å². The normalized spacial score (nSPS) is 22.5. The van der Waals surface area contributed by atoms with Gasteiger partial charge in [0.15, 0.2) is 0 Å². The number of hydrogen-bond donors (Lipinski definition) is 5. The fraction of sp³-hybridized carbons (Fsp3) is 0.667. The molecular weight excluding hydrogens is 642 g/mol. The minimum atomic E-state index is -1.47. The highest BCUT2D eigenvalue weighted by molar-refractivity contribution is 6.39. The molecule has 50 heavy (non-hydrogen) atoms. The van der Waals surface area contributed by atoms with Crippen molar-refractivity contribution in [3.8, 4) is 0 Å². The number of nitrogens with two attached hydrogens (primary N) is 1. The SMILES string of the molecule is CC(C)(O)c1ccc(C(=O)N[C@H](CC2CCCCC2)CN2C[C@@H](n3nncc3C(C)(C)O)C[C@H]2C(=O)NC2(C(=O)C(N)=O)CCOCC2)cc1. The summed E-state index contributed by atoms with van der Waals surface area (Å²) in [4.78, 5) is 55.2. The summed E-state index contributed by atoms with van der Waals surface area (Å²) in [6, 6.07) is 5.47. The van der Waals surface area contributed by atoms with E-state index in [9.17, 15) is 29.4 Å². The Hall–Kier alpha value is -3.72. The minimum Gasteiger partial charge on any atom is -0.386 e. The molecular formula is C36H53N7O7. The van der Waals surface area contributed by atoms with Gasteiger partial charge in [0.1, 0.15) is 11.1 Å². The number of primary amides is 1. The second kappa shape index (κ2) is 15.3. The Kier molecular flexibility index (Phi) is 11.5. The van der Waals surface area contributed by atoms with Crippen molar-refractivity contribution < 1.29 is 34.1 Å². The lowest BCUT2D eigenvalue weighted by molar-refractivity contribution is -0.145. The molecule has 6 N–H and O–H groups in total. The highest BCUT2D eigenvalue weighted by Gasteiger charge is 2.48. The summed E-state index contributed by atoms with van der Waals surface area (Å²) in [5.41, 5.74) is 3.34. The summed E-state index contributed by atoms with van der Waals surface area (Å²) in [6.07, 6.45) is 8.34. The number of nitrogens with one attached hydrogen (secondary N) is 2. The summed E-state index contributed by atoms with van der Waals surface area (Å²) < 4.78 is 7.11. The number of carbonyl (C=O) groups is 4. The van der Waals surface area contributed by atoms with E-state index in [1.54, 1.807) is 56.6 Å². The van der Waals surface area contributed by atoms with E-state index in [0.717, 1.165) is 32.1 Å². The molecule has 0 unspecified atom stereocenters. The Bertz CT molecular complexity index is 1520. The number of amides is 3. The lowest BCUT2D eigenvalue weighted by Crippen LogP contribution is -2.63. The van der Waals surface area contributed by atoms with Crippen LogP contribution in [0.4, 0.5) is 0 Å². The number of ketones is 1. The first-order valence-electron chi connectivity index (χ1n) is 17.8. The zero-order valence-electron chi connectivity index (χ0n) is 29.7. The van der Waals surface area contributed by atoms with Crippen molar-refractivity contribution in [2.75, 3.05) is 26.3 Å². The van der Waals surface area contributed by atoms with Gasteiger partial charge in [-0.25, -0.2) is 4.68 Å². The van der Waals surface area contributed by atoms with Gasteiger partial charge in [-0.1, -0.05) is 49.5 Å². The third-order valence-corrected chi connectivity index (χ3v) is 10.6. The molecule has 1 saturated carbocycles. The molecule has 0 spiro atoms. The maximum Gasteiger partial charge on any atom is 0.287 e. The Morgan fingerprint density at radius 2 is 1.68 bits per heavy atom.